The average molecular weight is 286 g/mol. The monoisotopic (exact) mass is 286 g/mol. The molecule has 0 spiro atoms. The molecule has 0 heterocycles. The number of carbonyl (C=O) groups excluding carboxylic acids is 1. The lowest BCUT2D eigenvalue weighted by atomic mass is 10.1. The highest BCUT2D eigenvalue weighted by Crippen LogP contribution is 2.25. The predicted octanol–water partition coefficient (Wildman–Crippen LogP) is 3.74. The van der Waals surface area contributed by atoms with E-state index in [1.165, 1.54) is 25.3 Å². The minimum absolute atomic E-state index is 0.223. The van der Waals surface area contributed by atoms with E-state index in [1.54, 1.807) is 43.5 Å². The van der Waals surface area contributed by atoms with Crippen molar-refractivity contribution in [2.45, 2.75) is 0 Å². The van der Waals surface area contributed by atoms with Crippen molar-refractivity contribution < 1.29 is 18.7 Å². The zero-order chi connectivity index (χ0) is 15.2. The summed E-state index contributed by atoms with van der Waals surface area (Å²) >= 11 is 0. The van der Waals surface area contributed by atoms with Crippen LogP contribution in [-0.2, 0) is 0 Å². The predicted molar refractivity (Wildman–Crippen MR) is 79.3 cm³/mol. The molecule has 0 atom stereocenters. The fourth-order valence-electron chi connectivity index (χ4n) is 1.87. The Kier molecular flexibility index (Phi) is 4.72. The summed E-state index contributed by atoms with van der Waals surface area (Å²) in [5.74, 6) is 0.478. The third-order valence-electron chi connectivity index (χ3n) is 2.95. The van der Waals surface area contributed by atoms with Gasteiger partial charge in [0, 0.05) is 6.07 Å². The molecule has 4 heteroatoms. The number of benzene rings is 2. The summed E-state index contributed by atoms with van der Waals surface area (Å²) < 4.78 is 23.3. The maximum atomic E-state index is 13.1. The van der Waals surface area contributed by atoms with Crippen LogP contribution in [0.3, 0.4) is 0 Å². The van der Waals surface area contributed by atoms with Crippen molar-refractivity contribution in [1.29, 1.82) is 0 Å². The van der Waals surface area contributed by atoms with Gasteiger partial charge >= 0.3 is 0 Å². The Morgan fingerprint density at radius 1 is 1.10 bits per heavy atom. The number of carbonyl (C=O) groups is 1. The first kappa shape index (κ1) is 14.8. The first-order valence-corrected chi connectivity index (χ1v) is 6.34. The summed E-state index contributed by atoms with van der Waals surface area (Å²) in [5, 5.41) is 0. The molecule has 2 aromatic rings. The van der Waals surface area contributed by atoms with Gasteiger partial charge in [-0.3, -0.25) is 4.79 Å². The van der Waals surface area contributed by atoms with Crippen LogP contribution in [0.4, 0.5) is 4.39 Å². The normalized spacial score (nSPS) is 10.6. The topological polar surface area (TPSA) is 35.5 Å². The molecule has 0 aromatic heterocycles. The van der Waals surface area contributed by atoms with Crippen molar-refractivity contribution in [3.05, 3.63) is 65.5 Å². The van der Waals surface area contributed by atoms with Gasteiger partial charge in [0.2, 0.25) is 0 Å². The average Bonchev–Trinajstić information content (AvgIpc) is 2.52. The molecular formula is C17H15FO3. The molecule has 0 aliphatic rings. The molecule has 0 saturated heterocycles. The van der Waals surface area contributed by atoms with Crippen LogP contribution in [0.15, 0.2) is 48.5 Å². The summed E-state index contributed by atoms with van der Waals surface area (Å²) in [6.45, 7) is 0. The number of hydrogen-bond acceptors (Lipinski definition) is 3. The van der Waals surface area contributed by atoms with Gasteiger partial charge in [-0.05, 0) is 35.9 Å². The van der Waals surface area contributed by atoms with Crippen LogP contribution in [0, 0.1) is 5.82 Å². The Balaban J connectivity index is 2.24. The first-order chi connectivity index (χ1) is 10.1. The molecule has 0 saturated carbocycles. The number of allylic oxidation sites excluding steroid dienone is 1. The van der Waals surface area contributed by atoms with E-state index in [9.17, 15) is 9.18 Å². The quantitative estimate of drug-likeness (QED) is 0.620. The van der Waals surface area contributed by atoms with E-state index in [-0.39, 0.29) is 11.6 Å². The van der Waals surface area contributed by atoms with Crippen LogP contribution < -0.4 is 9.47 Å². The Morgan fingerprint density at radius 3 is 2.57 bits per heavy atom. The Bertz CT molecular complexity index is 677. The maximum Gasteiger partial charge on any atom is 0.189 e. The smallest absolute Gasteiger partial charge is 0.189 e. The fourth-order valence-corrected chi connectivity index (χ4v) is 1.87. The number of hydrogen-bond donors (Lipinski definition) is 0. The summed E-state index contributed by atoms with van der Waals surface area (Å²) in [5.41, 5.74) is 1.04. The molecule has 0 aliphatic heterocycles. The van der Waals surface area contributed by atoms with E-state index in [4.69, 9.17) is 9.47 Å². The Morgan fingerprint density at radius 2 is 1.90 bits per heavy atom. The van der Waals surface area contributed by atoms with Crippen molar-refractivity contribution in [3.8, 4) is 11.5 Å². The summed E-state index contributed by atoms with van der Waals surface area (Å²) in [4.78, 5) is 12.2. The lowest BCUT2D eigenvalue weighted by Gasteiger charge is -2.07. The first-order valence-electron chi connectivity index (χ1n) is 6.34. The summed E-state index contributed by atoms with van der Waals surface area (Å²) in [6, 6.07) is 11.0. The van der Waals surface area contributed by atoms with Crippen molar-refractivity contribution in [2.24, 2.45) is 0 Å². The summed E-state index contributed by atoms with van der Waals surface area (Å²) in [6.07, 6.45) is 2.95. The number of methoxy groups -OCH3 is 2. The molecule has 0 amide bonds. The highest BCUT2D eigenvalue weighted by Gasteiger charge is 2.10. The molecule has 21 heavy (non-hydrogen) atoms. The maximum absolute atomic E-state index is 13.1. The molecule has 0 bridgehead atoms. The zero-order valence-electron chi connectivity index (χ0n) is 11.8. The van der Waals surface area contributed by atoms with Crippen molar-refractivity contribution in [3.63, 3.8) is 0 Å². The van der Waals surface area contributed by atoms with Crippen LogP contribution in [0.2, 0.25) is 0 Å². The van der Waals surface area contributed by atoms with E-state index in [2.05, 4.69) is 0 Å². The number of ketones is 1. The molecule has 0 unspecified atom stereocenters. The standard InChI is InChI=1S/C17H15FO3/c1-20-14-7-8-15(17(11-14)21-2)16(19)9-6-12-4-3-5-13(18)10-12/h3-11H,1-2H3/b9-6+. The van der Waals surface area contributed by atoms with Gasteiger partial charge in [-0.15, -0.1) is 0 Å². The second-order valence-electron chi connectivity index (χ2n) is 4.32. The van der Waals surface area contributed by atoms with Gasteiger partial charge in [-0.25, -0.2) is 4.39 Å². The van der Waals surface area contributed by atoms with Gasteiger partial charge in [0.1, 0.15) is 17.3 Å². The van der Waals surface area contributed by atoms with Crippen LogP contribution in [0.1, 0.15) is 15.9 Å². The van der Waals surface area contributed by atoms with Crippen molar-refractivity contribution in [2.75, 3.05) is 14.2 Å². The SMILES string of the molecule is COc1ccc(C(=O)/C=C/c2cccc(F)c2)c(OC)c1. The van der Waals surface area contributed by atoms with E-state index in [0.717, 1.165) is 0 Å². The Labute approximate surface area is 122 Å². The minimum atomic E-state index is -0.341. The fraction of sp³-hybridized carbons (Fsp3) is 0.118. The van der Waals surface area contributed by atoms with Crippen molar-refractivity contribution in [1.82, 2.24) is 0 Å². The van der Waals surface area contributed by atoms with E-state index < -0.39 is 0 Å². The molecule has 0 radical (unpaired) electrons. The largest absolute Gasteiger partial charge is 0.497 e. The lowest BCUT2D eigenvalue weighted by Crippen LogP contribution is -1.99. The van der Waals surface area contributed by atoms with Gasteiger partial charge in [0.05, 0.1) is 19.8 Å². The van der Waals surface area contributed by atoms with Gasteiger partial charge < -0.3 is 9.47 Å². The third kappa shape index (κ3) is 3.69. The molecule has 2 aromatic carbocycles. The molecule has 0 fully saturated rings. The number of halogens is 1. The second-order valence-corrected chi connectivity index (χ2v) is 4.32. The minimum Gasteiger partial charge on any atom is -0.497 e. The van der Waals surface area contributed by atoms with Gasteiger partial charge in [-0.1, -0.05) is 18.2 Å². The van der Waals surface area contributed by atoms with Crippen molar-refractivity contribution >= 4 is 11.9 Å². The summed E-state index contributed by atoms with van der Waals surface area (Å²) in [7, 11) is 3.03. The van der Waals surface area contributed by atoms with Crippen LogP contribution in [-0.4, -0.2) is 20.0 Å². The van der Waals surface area contributed by atoms with Gasteiger partial charge in [0.15, 0.2) is 5.78 Å². The van der Waals surface area contributed by atoms with E-state index in [0.29, 0.717) is 22.6 Å². The molecule has 108 valence electrons. The van der Waals surface area contributed by atoms with Gasteiger partial charge in [0.25, 0.3) is 0 Å². The third-order valence-corrected chi connectivity index (χ3v) is 2.95. The zero-order valence-corrected chi connectivity index (χ0v) is 11.8. The molecule has 3 nitrogen and oxygen atoms in total. The Hall–Kier alpha value is -2.62. The van der Waals surface area contributed by atoms with Crippen LogP contribution in [0.5, 0.6) is 11.5 Å². The van der Waals surface area contributed by atoms with Crippen LogP contribution >= 0.6 is 0 Å². The van der Waals surface area contributed by atoms with E-state index >= 15 is 0 Å². The van der Waals surface area contributed by atoms with Crippen LogP contribution in [0.25, 0.3) is 6.08 Å². The molecular weight excluding hydrogens is 271 g/mol. The number of ether oxygens (including phenoxy) is 2. The number of rotatable bonds is 5. The highest BCUT2D eigenvalue weighted by molar-refractivity contribution is 6.08. The lowest BCUT2D eigenvalue weighted by molar-refractivity contribution is 0.104. The molecule has 0 aliphatic carbocycles. The second kappa shape index (κ2) is 6.70. The molecule has 2 rings (SSSR count). The highest BCUT2D eigenvalue weighted by atomic mass is 19.1. The molecule has 0 N–H and O–H groups in total. The van der Waals surface area contributed by atoms with Gasteiger partial charge in [-0.2, -0.15) is 0 Å². The van der Waals surface area contributed by atoms with E-state index in [1.807, 2.05) is 0 Å².